The molecule has 1 aliphatic rings. The van der Waals surface area contributed by atoms with E-state index >= 15 is 0 Å². The molecule has 0 aliphatic heterocycles. The van der Waals surface area contributed by atoms with Gasteiger partial charge in [0.2, 0.25) is 0 Å². The Labute approximate surface area is 80.7 Å². The second kappa shape index (κ2) is 4.64. The lowest BCUT2D eigenvalue weighted by molar-refractivity contribution is -0.140. The van der Waals surface area contributed by atoms with Gasteiger partial charge in [0, 0.05) is 0 Å². The average molecular weight is 184 g/mol. The van der Waals surface area contributed by atoms with E-state index in [4.69, 9.17) is 4.74 Å². The van der Waals surface area contributed by atoms with Crippen molar-refractivity contribution >= 4 is 6.47 Å². The smallest absolute Gasteiger partial charge is 0.293 e. The third kappa shape index (κ3) is 2.71. The van der Waals surface area contributed by atoms with Crippen LogP contribution in [0.3, 0.4) is 0 Å². The van der Waals surface area contributed by atoms with Crippen LogP contribution in [-0.2, 0) is 9.53 Å². The van der Waals surface area contributed by atoms with Crippen molar-refractivity contribution in [1.82, 2.24) is 0 Å². The number of carbonyl (C=O) groups is 1. The minimum absolute atomic E-state index is 0.168. The molecule has 0 saturated heterocycles. The van der Waals surface area contributed by atoms with Gasteiger partial charge in [0.15, 0.2) is 0 Å². The number of hydrogen-bond donors (Lipinski definition) is 0. The minimum Gasteiger partial charge on any atom is -0.464 e. The summed E-state index contributed by atoms with van der Waals surface area (Å²) in [6, 6.07) is 0. The highest BCUT2D eigenvalue weighted by atomic mass is 16.5. The average Bonchev–Trinajstić information content (AvgIpc) is 2.04. The maximum Gasteiger partial charge on any atom is 0.293 e. The van der Waals surface area contributed by atoms with E-state index in [0.717, 1.165) is 6.42 Å². The van der Waals surface area contributed by atoms with Gasteiger partial charge in [-0.2, -0.15) is 0 Å². The van der Waals surface area contributed by atoms with Crippen LogP contribution in [0.2, 0.25) is 0 Å². The van der Waals surface area contributed by atoms with Crippen LogP contribution in [0.25, 0.3) is 0 Å². The topological polar surface area (TPSA) is 26.3 Å². The van der Waals surface area contributed by atoms with Gasteiger partial charge in [0.05, 0.1) is 0 Å². The summed E-state index contributed by atoms with van der Waals surface area (Å²) in [5.74, 6) is 1.90. The van der Waals surface area contributed by atoms with Crippen LogP contribution >= 0.6 is 0 Å². The maximum absolute atomic E-state index is 10.3. The first-order valence-corrected chi connectivity index (χ1v) is 5.24. The zero-order valence-electron chi connectivity index (χ0n) is 8.82. The van der Waals surface area contributed by atoms with Gasteiger partial charge < -0.3 is 4.74 Å². The number of carbonyl (C=O) groups excluding carboxylic acids is 1. The first kappa shape index (κ1) is 10.6. The van der Waals surface area contributed by atoms with Crippen molar-refractivity contribution < 1.29 is 9.53 Å². The Morgan fingerprint density at radius 2 is 2.08 bits per heavy atom. The Bertz CT molecular complexity index is 165. The number of ether oxygens (including phenoxy) is 1. The Morgan fingerprint density at radius 1 is 1.38 bits per heavy atom. The molecule has 2 heteroatoms. The lowest BCUT2D eigenvalue weighted by atomic mass is 9.75. The molecule has 1 saturated carbocycles. The Kier molecular flexibility index (Phi) is 3.76. The minimum atomic E-state index is 0.168. The molecule has 0 aromatic rings. The van der Waals surface area contributed by atoms with Crippen molar-refractivity contribution in [2.24, 2.45) is 17.8 Å². The predicted molar refractivity (Wildman–Crippen MR) is 52.3 cm³/mol. The van der Waals surface area contributed by atoms with Crippen molar-refractivity contribution in [3.8, 4) is 0 Å². The molecule has 1 aliphatic carbocycles. The van der Waals surface area contributed by atoms with E-state index in [9.17, 15) is 4.79 Å². The molecule has 76 valence electrons. The second-order valence-electron chi connectivity index (χ2n) is 4.60. The first-order chi connectivity index (χ1) is 6.15. The summed E-state index contributed by atoms with van der Waals surface area (Å²) in [6.45, 7) is 7.26. The summed E-state index contributed by atoms with van der Waals surface area (Å²) >= 11 is 0. The van der Waals surface area contributed by atoms with Gasteiger partial charge in [-0.1, -0.05) is 27.2 Å². The van der Waals surface area contributed by atoms with Crippen LogP contribution in [0.4, 0.5) is 0 Å². The summed E-state index contributed by atoms with van der Waals surface area (Å²) in [7, 11) is 0. The van der Waals surface area contributed by atoms with E-state index in [1.165, 1.54) is 12.8 Å². The highest BCUT2D eigenvalue weighted by Crippen LogP contribution is 2.34. The third-order valence-corrected chi connectivity index (χ3v) is 3.19. The lowest BCUT2D eigenvalue weighted by Crippen LogP contribution is -2.33. The van der Waals surface area contributed by atoms with Gasteiger partial charge in [-0.15, -0.1) is 0 Å². The molecule has 1 fully saturated rings. The predicted octanol–water partition coefficient (Wildman–Crippen LogP) is 2.62. The fraction of sp³-hybridized carbons (Fsp3) is 0.909. The van der Waals surface area contributed by atoms with E-state index in [-0.39, 0.29) is 6.10 Å². The third-order valence-electron chi connectivity index (χ3n) is 3.19. The summed E-state index contributed by atoms with van der Waals surface area (Å²) in [4.78, 5) is 10.3. The summed E-state index contributed by atoms with van der Waals surface area (Å²) in [5, 5.41) is 0. The van der Waals surface area contributed by atoms with Crippen molar-refractivity contribution in [1.29, 1.82) is 0 Å². The van der Waals surface area contributed by atoms with Crippen molar-refractivity contribution in [2.45, 2.75) is 46.1 Å². The lowest BCUT2D eigenvalue weighted by Gasteiger charge is -2.35. The van der Waals surface area contributed by atoms with Crippen molar-refractivity contribution in [3.05, 3.63) is 0 Å². The molecule has 2 nitrogen and oxygen atoms in total. The van der Waals surface area contributed by atoms with E-state index < -0.39 is 0 Å². The SMILES string of the molecule is CC(C)[C@H]1CC[C@@H](C)C[C@@H]1OC=O. The molecule has 0 heterocycles. The highest BCUT2D eigenvalue weighted by molar-refractivity contribution is 5.37. The standard InChI is InChI=1S/C11H20O2/c1-8(2)10-5-4-9(3)6-11(10)13-7-12/h7-11H,4-6H2,1-3H3/t9-,10-,11+/m1/s1. The molecule has 0 aromatic heterocycles. The van der Waals surface area contributed by atoms with E-state index in [2.05, 4.69) is 20.8 Å². The Balaban J connectivity index is 2.54. The van der Waals surface area contributed by atoms with Crippen LogP contribution in [0, 0.1) is 17.8 Å². The normalized spacial score (nSPS) is 34.6. The van der Waals surface area contributed by atoms with Crippen LogP contribution in [-0.4, -0.2) is 12.6 Å². The molecule has 0 bridgehead atoms. The molecule has 3 atom stereocenters. The van der Waals surface area contributed by atoms with Crippen LogP contribution in [0.15, 0.2) is 0 Å². The number of hydrogen-bond acceptors (Lipinski definition) is 2. The number of rotatable bonds is 3. The Hall–Kier alpha value is -0.530. The van der Waals surface area contributed by atoms with Crippen molar-refractivity contribution in [3.63, 3.8) is 0 Å². The van der Waals surface area contributed by atoms with Gasteiger partial charge in [-0.25, -0.2) is 0 Å². The Morgan fingerprint density at radius 3 is 2.62 bits per heavy atom. The molecule has 13 heavy (non-hydrogen) atoms. The zero-order chi connectivity index (χ0) is 9.84. The molecule has 0 spiro atoms. The van der Waals surface area contributed by atoms with Crippen LogP contribution in [0.1, 0.15) is 40.0 Å². The zero-order valence-corrected chi connectivity index (χ0v) is 8.82. The molecular formula is C11H20O2. The molecule has 0 unspecified atom stereocenters. The largest absolute Gasteiger partial charge is 0.464 e. The van der Waals surface area contributed by atoms with E-state index in [0.29, 0.717) is 24.2 Å². The summed E-state index contributed by atoms with van der Waals surface area (Å²) in [6.07, 6.45) is 3.70. The fourth-order valence-electron chi connectivity index (χ4n) is 2.34. The van der Waals surface area contributed by atoms with Gasteiger partial charge in [0.25, 0.3) is 6.47 Å². The molecular weight excluding hydrogens is 164 g/mol. The van der Waals surface area contributed by atoms with E-state index in [1.54, 1.807) is 0 Å². The molecule has 0 N–H and O–H groups in total. The van der Waals surface area contributed by atoms with Gasteiger partial charge in [-0.05, 0) is 30.6 Å². The summed E-state index contributed by atoms with van der Waals surface area (Å²) in [5.41, 5.74) is 0. The van der Waals surface area contributed by atoms with Gasteiger partial charge >= 0.3 is 0 Å². The molecule has 0 amide bonds. The molecule has 1 rings (SSSR count). The second-order valence-corrected chi connectivity index (χ2v) is 4.60. The van der Waals surface area contributed by atoms with Gasteiger partial charge in [0.1, 0.15) is 6.10 Å². The molecule has 0 radical (unpaired) electrons. The highest BCUT2D eigenvalue weighted by Gasteiger charge is 2.31. The summed E-state index contributed by atoms with van der Waals surface area (Å²) < 4.78 is 5.15. The van der Waals surface area contributed by atoms with E-state index in [1.807, 2.05) is 0 Å². The quantitative estimate of drug-likeness (QED) is 0.630. The van der Waals surface area contributed by atoms with Crippen LogP contribution < -0.4 is 0 Å². The maximum atomic E-state index is 10.3. The fourth-order valence-corrected chi connectivity index (χ4v) is 2.34. The van der Waals surface area contributed by atoms with Crippen LogP contribution in [0.5, 0.6) is 0 Å². The van der Waals surface area contributed by atoms with Crippen molar-refractivity contribution in [2.75, 3.05) is 0 Å². The first-order valence-electron chi connectivity index (χ1n) is 5.24. The monoisotopic (exact) mass is 184 g/mol. The molecule has 0 aromatic carbocycles. The van der Waals surface area contributed by atoms with Gasteiger partial charge in [-0.3, -0.25) is 4.79 Å².